The number of hydrogen-bond acceptors (Lipinski definition) is 5. The highest BCUT2D eigenvalue weighted by Crippen LogP contribution is 2.18. The highest BCUT2D eigenvalue weighted by molar-refractivity contribution is 5.85. The van der Waals surface area contributed by atoms with Gasteiger partial charge in [-0.3, -0.25) is 9.69 Å². The largest absolute Gasteiger partial charge is 0.492 e. The van der Waals surface area contributed by atoms with E-state index in [1.54, 1.807) is 12.1 Å². The van der Waals surface area contributed by atoms with E-state index >= 15 is 0 Å². The van der Waals surface area contributed by atoms with E-state index in [-0.39, 0.29) is 30.7 Å². The molecule has 2 aromatic rings. The molecule has 1 amide bonds. The predicted octanol–water partition coefficient (Wildman–Crippen LogP) is 2.68. The van der Waals surface area contributed by atoms with Crippen LogP contribution in [0.3, 0.4) is 0 Å². The standard InChI is InChI=1S/C21H27N3O3.2ClH/c22-19-7-5-17(6-8-19)15-21(25)23-16-18-3-1-2-4-20(18)27-14-11-24-9-12-26-13-10-24;;/h1-8H,9-16,22H2,(H,23,25);2*1H. The fourth-order valence-corrected chi connectivity index (χ4v) is 2.98. The van der Waals surface area contributed by atoms with Crippen molar-refractivity contribution >= 4 is 36.4 Å². The zero-order valence-corrected chi connectivity index (χ0v) is 18.0. The average molecular weight is 442 g/mol. The second-order valence-electron chi connectivity index (χ2n) is 6.61. The molecule has 3 rings (SSSR count). The van der Waals surface area contributed by atoms with Gasteiger partial charge in [-0.15, -0.1) is 24.8 Å². The summed E-state index contributed by atoms with van der Waals surface area (Å²) < 4.78 is 11.3. The van der Waals surface area contributed by atoms with Crippen LogP contribution in [0.25, 0.3) is 0 Å². The second-order valence-corrected chi connectivity index (χ2v) is 6.61. The zero-order chi connectivity index (χ0) is 18.9. The maximum Gasteiger partial charge on any atom is 0.224 e. The summed E-state index contributed by atoms with van der Waals surface area (Å²) in [5.74, 6) is 0.793. The lowest BCUT2D eigenvalue weighted by Gasteiger charge is -2.26. The smallest absolute Gasteiger partial charge is 0.224 e. The lowest BCUT2D eigenvalue weighted by atomic mass is 10.1. The highest BCUT2D eigenvalue weighted by Gasteiger charge is 2.11. The molecule has 0 aliphatic carbocycles. The van der Waals surface area contributed by atoms with Gasteiger partial charge in [0.05, 0.1) is 19.6 Å². The number of halogens is 2. The number of nitrogen functional groups attached to an aromatic ring is 1. The Morgan fingerprint density at radius 3 is 2.48 bits per heavy atom. The van der Waals surface area contributed by atoms with Crippen LogP contribution in [0.2, 0.25) is 0 Å². The van der Waals surface area contributed by atoms with Crippen molar-refractivity contribution in [2.24, 2.45) is 0 Å². The summed E-state index contributed by atoms with van der Waals surface area (Å²) in [6.07, 6.45) is 0.334. The number of para-hydroxylation sites is 1. The summed E-state index contributed by atoms with van der Waals surface area (Å²) in [6, 6.07) is 15.2. The van der Waals surface area contributed by atoms with E-state index < -0.39 is 0 Å². The Morgan fingerprint density at radius 1 is 1.07 bits per heavy atom. The van der Waals surface area contributed by atoms with Crippen LogP contribution in [0.15, 0.2) is 48.5 Å². The third kappa shape index (κ3) is 8.50. The second kappa shape index (κ2) is 13.3. The fraction of sp³-hybridized carbons (Fsp3) is 0.381. The molecule has 0 aromatic heterocycles. The molecule has 1 saturated heterocycles. The molecule has 0 saturated carbocycles. The van der Waals surface area contributed by atoms with Gasteiger partial charge in [0.15, 0.2) is 0 Å². The molecule has 1 fully saturated rings. The number of amides is 1. The van der Waals surface area contributed by atoms with E-state index in [9.17, 15) is 4.79 Å². The van der Waals surface area contributed by atoms with Crippen LogP contribution in [0, 0.1) is 0 Å². The number of carbonyl (C=O) groups is 1. The minimum atomic E-state index is -0.0251. The molecule has 0 atom stereocenters. The Labute approximate surface area is 184 Å². The number of rotatable bonds is 8. The molecular formula is C21H29Cl2N3O3. The van der Waals surface area contributed by atoms with E-state index in [1.165, 1.54) is 0 Å². The van der Waals surface area contributed by atoms with Crippen molar-refractivity contribution in [2.75, 3.05) is 45.2 Å². The van der Waals surface area contributed by atoms with Gasteiger partial charge in [0.1, 0.15) is 12.4 Å². The summed E-state index contributed by atoms with van der Waals surface area (Å²) in [7, 11) is 0. The molecule has 8 heteroatoms. The summed E-state index contributed by atoms with van der Waals surface area (Å²) in [6.45, 7) is 5.42. The Kier molecular flexibility index (Phi) is 11.5. The first-order valence-electron chi connectivity index (χ1n) is 9.32. The molecule has 0 bridgehead atoms. The minimum absolute atomic E-state index is 0. The first kappa shape index (κ1) is 25.0. The SMILES string of the molecule is Cl.Cl.Nc1ccc(CC(=O)NCc2ccccc2OCCN2CCOCC2)cc1. The van der Waals surface area contributed by atoms with Gasteiger partial charge in [0, 0.05) is 37.4 Å². The zero-order valence-electron chi connectivity index (χ0n) is 16.3. The molecule has 0 radical (unpaired) electrons. The number of morpholine rings is 1. The Hall–Kier alpha value is -1.99. The van der Waals surface area contributed by atoms with Crippen molar-refractivity contribution in [3.05, 3.63) is 59.7 Å². The quantitative estimate of drug-likeness (QED) is 0.615. The number of ether oxygens (including phenoxy) is 2. The normalized spacial score (nSPS) is 13.7. The number of carbonyl (C=O) groups excluding carboxylic acids is 1. The molecule has 1 aliphatic rings. The molecule has 160 valence electrons. The van der Waals surface area contributed by atoms with E-state index in [4.69, 9.17) is 15.2 Å². The number of anilines is 1. The topological polar surface area (TPSA) is 76.8 Å². The highest BCUT2D eigenvalue weighted by atomic mass is 35.5. The summed E-state index contributed by atoms with van der Waals surface area (Å²) in [5.41, 5.74) is 8.29. The van der Waals surface area contributed by atoms with Crippen LogP contribution in [-0.4, -0.2) is 50.3 Å². The summed E-state index contributed by atoms with van der Waals surface area (Å²) >= 11 is 0. The van der Waals surface area contributed by atoms with Gasteiger partial charge in [0.25, 0.3) is 0 Å². The lowest BCUT2D eigenvalue weighted by Crippen LogP contribution is -2.38. The number of benzene rings is 2. The van der Waals surface area contributed by atoms with Crippen LogP contribution in [0.5, 0.6) is 5.75 Å². The monoisotopic (exact) mass is 441 g/mol. The number of nitrogens with zero attached hydrogens (tertiary/aromatic N) is 1. The van der Waals surface area contributed by atoms with Crippen LogP contribution in [0.1, 0.15) is 11.1 Å². The van der Waals surface area contributed by atoms with Gasteiger partial charge in [-0.25, -0.2) is 0 Å². The fourth-order valence-electron chi connectivity index (χ4n) is 2.98. The van der Waals surface area contributed by atoms with Gasteiger partial charge >= 0.3 is 0 Å². The maximum atomic E-state index is 12.2. The van der Waals surface area contributed by atoms with Crippen LogP contribution < -0.4 is 15.8 Å². The first-order valence-corrected chi connectivity index (χ1v) is 9.32. The van der Waals surface area contributed by atoms with Crippen molar-refractivity contribution in [1.29, 1.82) is 0 Å². The van der Waals surface area contributed by atoms with E-state index in [1.807, 2.05) is 36.4 Å². The van der Waals surface area contributed by atoms with E-state index in [0.29, 0.717) is 25.3 Å². The number of nitrogens with two attached hydrogens (primary N) is 1. The third-order valence-corrected chi connectivity index (χ3v) is 4.56. The molecule has 1 aliphatic heterocycles. The predicted molar refractivity (Wildman–Crippen MR) is 120 cm³/mol. The van der Waals surface area contributed by atoms with Crippen molar-refractivity contribution in [1.82, 2.24) is 10.2 Å². The number of hydrogen-bond donors (Lipinski definition) is 2. The van der Waals surface area contributed by atoms with E-state index in [0.717, 1.165) is 49.7 Å². The number of nitrogens with one attached hydrogen (secondary N) is 1. The van der Waals surface area contributed by atoms with Crippen molar-refractivity contribution in [3.63, 3.8) is 0 Å². The summed E-state index contributed by atoms with van der Waals surface area (Å²) in [5, 5.41) is 2.97. The van der Waals surface area contributed by atoms with E-state index in [2.05, 4.69) is 10.2 Å². The van der Waals surface area contributed by atoms with Crippen molar-refractivity contribution in [3.8, 4) is 5.75 Å². The molecule has 3 N–H and O–H groups in total. The Morgan fingerprint density at radius 2 is 1.76 bits per heavy atom. The minimum Gasteiger partial charge on any atom is -0.492 e. The van der Waals surface area contributed by atoms with Crippen LogP contribution in [-0.2, 0) is 22.5 Å². The van der Waals surface area contributed by atoms with Crippen molar-refractivity contribution in [2.45, 2.75) is 13.0 Å². The van der Waals surface area contributed by atoms with Gasteiger partial charge in [-0.05, 0) is 23.8 Å². The first-order chi connectivity index (χ1) is 13.2. The maximum absolute atomic E-state index is 12.2. The third-order valence-electron chi connectivity index (χ3n) is 4.56. The Balaban J connectivity index is 0.00000210. The molecule has 2 aromatic carbocycles. The molecule has 29 heavy (non-hydrogen) atoms. The van der Waals surface area contributed by atoms with Gasteiger partial charge in [-0.1, -0.05) is 30.3 Å². The molecule has 0 unspecified atom stereocenters. The average Bonchev–Trinajstić information content (AvgIpc) is 2.70. The summed E-state index contributed by atoms with van der Waals surface area (Å²) in [4.78, 5) is 14.5. The van der Waals surface area contributed by atoms with Crippen molar-refractivity contribution < 1.29 is 14.3 Å². The van der Waals surface area contributed by atoms with Gasteiger partial charge in [-0.2, -0.15) is 0 Å². The molecular weight excluding hydrogens is 413 g/mol. The Bertz CT molecular complexity index is 738. The lowest BCUT2D eigenvalue weighted by molar-refractivity contribution is -0.120. The van der Waals surface area contributed by atoms with Crippen LogP contribution >= 0.6 is 24.8 Å². The van der Waals surface area contributed by atoms with Gasteiger partial charge in [0.2, 0.25) is 5.91 Å². The molecule has 0 spiro atoms. The van der Waals surface area contributed by atoms with Gasteiger partial charge < -0.3 is 20.5 Å². The molecule has 6 nitrogen and oxygen atoms in total. The van der Waals surface area contributed by atoms with Crippen LogP contribution in [0.4, 0.5) is 5.69 Å². The molecule has 1 heterocycles.